The number of amides is 3. The first-order chi connectivity index (χ1) is 10.9. The Morgan fingerprint density at radius 2 is 2.04 bits per heavy atom. The van der Waals surface area contributed by atoms with Gasteiger partial charge in [0, 0.05) is 0 Å². The molecule has 3 fully saturated rings. The molecular formula is C15H21N5O3. The Hall–Kier alpha value is -1.96. The van der Waals surface area contributed by atoms with E-state index >= 15 is 0 Å². The van der Waals surface area contributed by atoms with Crippen molar-refractivity contribution in [2.24, 2.45) is 11.7 Å². The molecule has 0 radical (unpaired) electrons. The summed E-state index contributed by atoms with van der Waals surface area (Å²) in [5.74, 6) is 0.739. The Kier molecular flexibility index (Phi) is 3.03. The fourth-order valence-electron chi connectivity index (χ4n) is 3.68. The fourth-order valence-corrected chi connectivity index (χ4v) is 3.68. The van der Waals surface area contributed by atoms with Crippen LogP contribution in [0.15, 0.2) is 4.52 Å². The third-order valence-corrected chi connectivity index (χ3v) is 5.40. The first-order valence-electron chi connectivity index (χ1n) is 8.18. The number of hydrogen-bond acceptors (Lipinski definition) is 6. The number of imide groups is 1. The van der Waals surface area contributed by atoms with E-state index in [0.29, 0.717) is 5.82 Å². The number of nitrogens with one attached hydrogen (secondary N) is 1. The molecule has 1 aliphatic heterocycles. The van der Waals surface area contributed by atoms with Crippen LogP contribution in [0, 0.1) is 5.92 Å². The van der Waals surface area contributed by atoms with Gasteiger partial charge in [-0.2, -0.15) is 4.98 Å². The van der Waals surface area contributed by atoms with E-state index in [1.165, 1.54) is 0 Å². The lowest BCUT2D eigenvalue weighted by molar-refractivity contribution is -0.132. The number of carbonyl (C=O) groups excluding carboxylic acids is 2. The maximum absolute atomic E-state index is 12.6. The van der Waals surface area contributed by atoms with Crippen molar-refractivity contribution < 1.29 is 14.1 Å². The molecule has 1 aromatic rings. The maximum atomic E-state index is 12.6. The Morgan fingerprint density at radius 3 is 2.70 bits per heavy atom. The lowest BCUT2D eigenvalue weighted by atomic mass is 9.96. The molecule has 2 heterocycles. The number of aromatic nitrogens is 2. The van der Waals surface area contributed by atoms with Crippen molar-refractivity contribution >= 4 is 11.9 Å². The normalized spacial score (nSPS) is 30.1. The molecule has 23 heavy (non-hydrogen) atoms. The molecule has 0 spiro atoms. The molecule has 3 aliphatic rings. The SMILES string of the molecule is CC1(C2CC2)NC(=O)N(Cc2nc(C3(N)CCCC3)no2)C1=O. The molecule has 124 valence electrons. The van der Waals surface area contributed by atoms with Gasteiger partial charge in [0.1, 0.15) is 12.1 Å². The van der Waals surface area contributed by atoms with E-state index in [2.05, 4.69) is 15.5 Å². The van der Waals surface area contributed by atoms with Crippen LogP contribution in [0.4, 0.5) is 4.79 Å². The van der Waals surface area contributed by atoms with Crippen LogP contribution in [0.1, 0.15) is 57.2 Å². The van der Waals surface area contributed by atoms with Crippen LogP contribution in [-0.2, 0) is 16.9 Å². The molecule has 1 saturated heterocycles. The zero-order valence-corrected chi connectivity index (χ0v) is 13.2. The smallest absolute Gasteiger partial charge is 0.325 e. The van der Waals surface area contributed by atoms with Gasteiger partial charge in [0.2, 0.25) is 5.89 Å². The monoisotopic (exact) mass is 319 g/mol. The van der Waals surface area contributed by atoms with E-state index in [9.17, 15) is 9.59 Å². The second kappa shape index (κ2) is 4.77. The van der Waals surface area contributed by atoms with Gasteiger partial charge in [-0.3, -0.25) is 9.69 Å². The molecule has 8 nitrogen and oxygen atoms in total. The van der Waals surface area contributed by atoms with Gasteiger partial charge in [0.25, 0.3) is 5.91 Å². The van der Waals surface area contributed by atoms with Crippen LogP contribution >= 0.6 is 0 Å². The van der Waals surface area contributed by atoms with Gasteiger partial charge in [-0.15, -0.1) is 0 Å². The summed E-state index contributed by atoms with van der Waals surface area (Å²) in [6.07, 6.45) is 5.69. The molecule has 0 bridgehead atoms. The minimum Gasteiger partial charge on any atom is -0.337 e. The van der Waals surface area contributed by atoms with Crippen molar-refractivity contribution in [3.63, 3.8) is 0 Å². The molecule has 2 aliphatic carbocycles. The summed E-state index contributed by atoms with van der Waals surface area (Å²) >= 11 is 0. The maximum Gasteiger partial charge on any atom is 0.325 e. The predicted octanol–water partition coefficient (Wildman–Crippen LogP) is 1.02. The van der Waals surface area contributed by atoms with Crippen LogP contribution in [0.5, 0.6) is 0 Å². The third kappa shape index (κ3) is 2.23. The van der Waals surface area contributed by atoms with Crippen molar-refractivity contribution in [1.82, 2.24) is 20.4 Å². The van der Waals surface area contributed by atoms with E-state index in [1.807, 2.05) is 0 Å². The Labute approximate surface area is 133 Å². The molecular weight excluding hydrogens is 298 g/mol. The van der Waals surface area contributed by atoms with Crippen molar-refractivity contribution in [1.29, 1.82) is 0 Å². The Bertz CT molecular complexity index is 662. The van der Waals surface area contributed by atoms with Gasteiger partial charge in [0.15, 0.2) is 5.82 Å². The standard InChI is InChI=1S/C15H21N5O3/c1-14(9-4-5-9)12(21)20(13(22)18-14)8-10-17-11(19-23-10)15(16)6-2-3-7-15/h9H,2-8,16H2,1H3,(H,18,22). The van der Waals surface area contributed by atoms with E-state index in [4.69, 9.17) is 10.3 Å². The Morgan fingerprint density at radius 1 is 1.35 bits per heavy atom. The fraction of sp³-hybridized carbons (Fsp3) is 0.733. The highest BCUT2D eigenvalue weighted by Crippen LogP contribution is 2.43. The molecule has 3 N–H and O–H groups in total. The van der Waals surface area contributed by atoms with Crippen molar-refractivity contribution in [2.75, 3.05) is 0 Å². The average molecular weight is 319 g/mol. The first-order valence-corrected chi connectivity index (χ1v) is 8.18. The largest absolute Gasteiger partial charge is 0.337 e. The van der Waals surface area contributed by atoms with Crippen molar-refractivity contribution in [3.05, 3.63) is 11.7 Å². The Balaban J connectivity index is 1.51. The first kappa shape index (κ1) is 14.6. The van der Waals surface area contributed by atoms with Crippen LogP contribution in [-0.4, -0.2) is 32.5 Å². The minimum atomic E-state index is -0.791. The van der Waals surface area contributed by atoms with Crippen LogP contribution in [0.25, 0.3) is 0 Å². The summed E-state index contributed by atoms with van der Waals surface area (Å²) in [6.45, 7) is 1.79. The number of hydrogen-bond donors (Lipinski definition) is 2. The van der Waals surface area contributed by atoms with Gasteiger partial charge >= 0.3 is 6.03 Å². The number of carbonyl (C=O) groups is 2. The average Bonchev–Trinajstić information content (AvgIpc) is 3.04. The number of nitrogens with zero attached hydrogens (tertiary/aromatic N) is 3. The van der Waals surface area contributed by atoms with E-state index in [1.54, 1.807) is 6.92 Å². The van der Waals surface area contributed by atoms with Gasteiger partial charge in [-0.1, -0.05) is 18.0 Å². The highest BCUT2D eigenvalue weighted by atomic mass is 16.5. The highest BCUT2D eigenvalue weighted by molar-refractivity contribution is 6.07. The van der Waals surface area contributed by atoms with Gasteiger partial charge in [-0.25, -0.2) is 4.79 Å². The van der Waals surface area contributed by atoms with Crippen LogP contribution < -0.4 is 11.1 Å². The molecule has 3 amide bonds. The molecule has 4 rings (SSSR count). The number of nitrogens with two attached hydrogens (primary N) is 1. The quantitative estimate of drug-likeness (QED) is 0.801. The summed E-state index contributed by atoms with van der Waals surface area (Å²) in [4.78, 5) is 30.2. The van der Waals surface area contributed by atoms with E-state index in [0.717, 1.165) is 43.4 Å². The summed E-state index contributed by atoms with van der Waals surface area (Å²) in [6, 6.07) is -0.396. The van der Waals surface area contributed by atoms with Gasteiger partial charge < -0.3 is 15.6 Å². The number of urea groups is 1. The van der Waals surface area contributed by atoms with E-state index < -0.39 is 17.1 Å². The molecule has 1 atom stereocenters. The molecule has 1 aromatic heterocycles. The summed E-state index contributed by atoms with van der Waals surface area (Å²) in [5, 5.41) is 6.77. The summed E-state index contributed by atoms with van der Waals surface area (Å²) in [5.41, 5.74) is 4.97. The summed E-state index contributed by atoms with van der Waals surface area (Å²) in [7, 11) is 0. The lowest BCUT2D eigenvalue weighted by Crippen LogP contribution is -2.46. The minimum absolute atomic E-state index is 0.00391. The van der Waals surface area contributed by atoms with Crippen LogP contribution in [0.2, 0.25) is 0 Å². The van der Waals surface area contributed by atoms with Gasteiger partial charge in [0.05, 0.1) is 5.54 Å². The van der Waals surface area contributed by atoms with E-state index in [-0.39, 0.29) is 24.3 Å². The molecule has 2 saturated carbocycles. The zero-order valence-electron chi connectivity index (χ0n) is 13.2. The number of rotatable bonds is 4. The summed E-state index contributed by atoms with van der Waals surface area (Å²) < 4.78 is 5.23. The third-order valence-electron chi connectivity index (χ3n) is 5.40. The van der Waals surface area contributed by atoms with Crippen LogP contribution in [0.3, 0.4) is 0 Å². The molecule has 0 aromatic carbocycles. The van der Waals surface area contributed by atoms with Crippen molar-refractivity contribution in [2.45, 2.75) is 63.1 Å². The topological polar surface area (TPSA) is 114 Å². The van der Waals surface area contributed by atoms with Crippen molar-refractivity contribution in [3.8, 4) is 0 Å². The second-order valence-electron chi connectivity index (χ2n) is 7.17. The lowest BCUT2D eigenvalue weighted by Gasteiger charge is -2.20. The molecule has 1 unspecified atom stereocenters. The predicted molar refractivity (Wildman–Crippen MR) is 78.8 cm³/mol. The second-order valence-corrected chi connectivity index (χ2v) is 7.17. The highest BCUT2D eigenvalue weighted by Gasteiger charge is 2.56. The zero-order chi connectivity index (χ0) is 16.2. The van der Waals surface area contributed by atoms with Gasteiger partial charge in [-0.05, 0) is 38.5 Å². The molecule has 8 heteroatoms.